The van der Waals surface area contributed by atoms with Crippen LogP contribution in [0.1, 0.15) is 13.3 Å². The molecule has 2 saturated heterocycles. The maximum Gasteiger partial charge on any atom is 0.416 e. The summed E-state index contributed by atoms with van der Waals surface area (Å²) in [5.41, 5.74) is 2.42. The number of hydrogen-bond donors (Lipinski definition) is 1. The zero-order valence-corrected chi connectivity index (χ0v) is 16.4. The Kier molecular flexibility index (Phi) is 4.47. The molecule has 0 aliphatic carbocycles. The quantitative estimate of drug-likeness (QED) is 0.825. The molecule has 0 radical (unpaired) electrons. The van der Waals surface area contributed by atoms with Crippen molar-refractivity contribution in [3.8, 4) is 16.9 Å². The molecule has 30 heavy (non-hydrogen) atoms. The van der Waals surface area contributed by atoms with Gasteiger partial charge in [0.15, 0.2) is 0 Å². The van der Waals surface area contributed by atoms with E-state index >= 15 is 0 Å². The molecular formula is C21H21N3O6. The van der Waals surface area contributed by atoms with Crippen molar-refractivity contribution < 1.29 is 28.9 Å². The third kappa shape index (κ3) is 2.93. The van der Waals surface area contributed by atoms with Gasteiger partial charge in [-0.15, -0.1) is 0 Å². The van der Waals surface area contributed by atoms with Crippen molar-refractivity contribution in [1.82, 2.24) is 4.98 Å². The summed E-state index contributed by atoms with van der Waals surface area (Å²) < 4.78 is 16.4. The van der Waals surface area contributed by atoms with Crippen LogP contribution in [-0.2, 0) is 9.47 Å². The van der Waals surface area contributed by atoms with Crippen LogP contribution in [0.5, 0.6) is 5.75 Å². The van der Waals surface area contributed by atoms with Crippen LogP contribution in [0.4, 0.5) is 21.1 Å². The van der Waals surface area contributed by atoms with Crippen molar-refractivity contribution in [2.75, 3.05) is 29.6 Å². The summed E-state index contributed by atoms with van der Waals surface area (Å²) in [5.74, 6) is 1.08. The first-order valence-electron chi connectivity index (χ1n) is 9.91. The molecule has 1 unspecified atom stereocenters. The predicted octanol–water partition coefficient (Wildman–Crippen LogP) is 2.56. The molecule has 9 heteroatoms. The van der Waals surface area contributed by atoms with Gasteiger partial charge in [0.25, 0.3) is 0 Å². The van der Waals surface area contributed by atoms with E-state index in [1.165, 1.54) is 4.90 Å². The number of carbonyl (C=O) groups is 2. The van der Waals surface area contributed by atoms with Gasteiger partial charge >= 0.3 is 12.2 Å². The SMILES string of the molecule is CC[C@@H]1OC(=O)N2c3ccc(-c4ccc(N5CC(CO)OC5=O)nc4)cc3OC[C@@H]12. The Morgan fingerprint density at radius 3 is 2.67 bits per heavy atom. The second-order valence-electron chi connectivity index (χ2n) is 7.47. The summed E-state index contributed by atoms with van der Waals surface area (Å²) >= 11 is 0. The van der Waals surface area contributed by atoms with E-state index in [0.717, 1.165) is 17.5 Å². The van der Waals surface area contributed by atoms with Crippen LogP contribution in [-0.4, -0.2) is 60.3 Å². The standard InChI is InChI=1S/C21H21N3O6/c1-2-17-16-11-28-18-7-12(3-5-15(18)24(16)21(27)30-17)13-4-6-19(22-8-13)23-9-14(10-25)29-20(23)26/h3-8,14,16-17,25H,2,9-11H2,1H3/t14?,16-,17-/m0/s1. The fourth-order valence-corrected chi connectivity index (χ4v) is 4.08. The average Bonchev–Trinajstić information content (AvgIpc) is 3.32. The van der Waals surface area contributed by atoms with Gasteiger partial charge in [-0.3, -0.25) is 9.80 Å². The van der Waals surface area contributed by atoms with E-state index in [-0.39, 0.29) is 31.4 Å². The van der Waals surface area contributed by atoms with Gasteiger partial charge in [-0.05, 0) is 36.2 Å². The maximum atomic E-state index is 12.3. The third-order valence-electron chi connectivity index (χ3n) is 5.68. The molecule has 0 spiro atoms. The monoisotopic (exact) mass is 411 g/mol. The number of fused-ring (bicyclic) bond motifs is 3. The van der Waals surface area contributed by atoms with Crippen molar-refractivity contribution in [3.05, 3.63) is 36.5 Å². The van der Waals surface area contributed by atoms with Crippen LogP contribution < -0.4 is 14.5 Å². The second kappa shape index (κ2) is 7.17. The zero-order chi connectivity index (χ0) is 20.8. The highest BCUT2D eigenvalue weighted by Crippen LogP contribution is 2.41. The topological polar surface area (TPSA) is 101 Å². The lowest BCUT2D eigenvalue weighted by Gasteiger charge is -2.31. The smallest absolute Gasteiger partial charge is 0.416 e. The van der Waals surface area contributed by atoms with E-state index in [0.29, 0.717) is 23.9 Å². The van der Waals surface area contributed by atoms with Crippen molar-refractivity contribution in [1.29, 1.82) is 0 Å². The van der Waals surface area contributed by atoms with Gasteiger partial charge in [0, 0.05) is 11.8 Å². The van der Waals surface area contributed by atoms with Crippen LogP contribution in [0.2, 0.25) is 0 Å². The Morgan fingerprint density at radius 2 is 1.97 bits per heavy atom. The highest BCUT2D eigenvalue weighted by atomic mass is 16.6. The number of aliphatic hydroxyl groups excluding tert-OH is 1. The fourth-order valence-electron chi connectivity index (χ4n) is 4.08. The lowest BCUT2D eigenvalue weighted by molar-refractivity contribution is 0.0963. The van der Waals surface area contributed by atoms with Gasteiger partial charge in [-0.2, -0.15) is 0 Å². The number of amides is 2. The molecule has 1 N–H and O–H groups in total. The molecule has 3 aliphatic heterocycles. The first-order valence-corrected chi connectivity index (χ1v) is 9.91. The van der Waals surface area contributed by atoms with Gasteiger partial charge in [-0.1, -0.05) is 13.0 Å². The molecule has 5 rings (SSSR count). The van der Waals surface area contributed by atoms with Crippen LogP contribution >= 0.6 is 0 Å². The van der Waals surface area contributed by atoms with Crippen molar-refractivity contribution in [3.63, 3.8) is 0 Å². The second-order valence-corrected chi connectivity index (χ2v) is 7.47. The zero-order valence-electron chi connectivity index (χ0n) is 16.4. The Bertz CT molecular complexity index is 995. The molecule has 0 saturated carbocycles. The minimum Gasteiger partial charge on any atom is -0.489 e. The van der Waals surface area contributed by atoms with E-state index in [2.05, 4.69) is 4.98 Å². The molecule has 3 atom stereocenters. The maximum absolute atomic E-state index is 12.3. The number of aromatic nitrogens is 1. The molecule has 156 valence electrons. The minimum absolute atomic E-state index is 0.107. The minimum atomic E-state index is -0.537. The first kappa shape index (κ1) is 18.7. The number of aliphatic hydroxyl groups is 1. The molecule has 3 aliphatic rings. The van der Waals surface area contributed by atoms with Crippen LogP contribution in [0.25, 0.3) is 11.1 Å². The Labute approximate surface area is 172 Å². The molecule has 1 aromatic heterocycles. The largest absolute Gasteiger partial charge is 0.489 e. The summed E-state index contributed by atoms with van der Waals surface area (Å²) in [7, 11) is 0. The van der Waals surface area contributed by atoms with Gasteiger partial charge in [0.05, 0.1) is 18.8 Å². The fraction of sp³-hybridized carbons (Fsp3) is 0.381. The van der Waals surface area contributed by atoms with Gasteiger partial charge in [-0.25, -0.2) is 14.6 Å². The molecule has 2 aromatic rings. The van der Waals surface area contributed by atoms with E-state index in [1.807, 2.05) is 31.2 Å². The third-order valence-corrected chi connectivity index (χ3v) is 5.68. The van der Waals surface area contributed by atoms with E-state index in [1.54, 1.807) is 17.2 Å². The Hall–Kier alpha value is -3.33. The number of rotatable bonds is 4. The van der Waals surface area contributed by atoms with Crippen molar-refractivity contribution in [2.45, 2.75) is 31.6 Å². The summed E-state index contributed by atoms with van der Waals surface area (Å²) in [6.07, 6.45) is 0.850. The van der Waals surface area contributed by atoms with Gasteiger partial charge in [0.1, 0.15) is 36.4 Å². The normalized spacial score (nSPS) is 24.8. The molecule has 9 nitrogen and oxygen atoms in total. The van der Waals surface area contributed by atoms with Crippen molar-refractivity contribution >= 4 is 23.7 Å². The van der Waals surface area contributed by atoms with Crippen molar-refractivity contribution in [2.24, 2.45) is 0 Å². The van der Waals surface area contributed by atoms with Gasteiger partial charge < -0.3 is 19.3 Å². The highest BCUT2D eigenvalue weighted by Gasteiger charge is 2.45. The molecular weight excluding hydrogens is 390 g/mol. The van der Waals surface area contributed by atoms with Crippen LogP contribution in [0.3, 0.4) is 0 Å². The molecule has 0 bridgehead atoms. The number of hydrogen-bond acceptors (Lipinski definition) is 7. The van der Waals surface area contributed by atoms with E-state index < -0.39 is 12.2 Å². The van der Waals surface area contributed by atoms with Crippen LogP contribution in [0, 0.1) is 0 Å². The van der Waals surface area contributed by atoms with Crippen LogP contribution in [0.15, 0.2) is 36.5 Å². The predicted molar refractivity (Wildman–Crippen MR) is 107 cm³/mol. The van der Waals surface area contributed by atoms with Gasteiger partial charge in [0.2, 0.25) is 0 Å². The Balaban J connectivity index is 1.39. The molecule has 1 aromatic carbocycles. The number of benzene rings is 1. The molecule has 2 amide bonds. The van der Waals surface area contributed by atoms with E-state index in [9.17, 15) is 14.7 Å². The lowest BCUT2D eigenvalue weighted by Crippen LogP contribution is -2.44. The number of cyclic esters (lactones) is 2. The number of carbonyl (C=O) groups excluding carboxylic acids is 2. The number of nitrogens with zero attached hydrogens (tertiary/aromatic N) is 3. The molecule has 2 fully saturated rings. The molecule has 4 heterocycles. The summed E-state index contributed by atoms with van der Waals surface area (Å²) in [4.78, 5) is 31.7. The van der Waals surface area contributed by atoms with E-state index in [4.69, 9.17) is 14.2 Å². The average molecular weight is 411 g/mol. The highest BCUT2D eigenvalue weighted by molar-refractivity contribution is 5.94. The Morgan fingerprint density at radius 1 is 1.13 bits per heavy atom. The number of pyridine rings is 1. The lowest BCUT2D eigenvalue weighted by atomic mass is 10.0. The summed E-state index contributed by atoms with van der Waals surface area (Å²) in [6.45, 7) is 2.42. The number of ether oxygens (including phenoxy) is 3. The summed E-state index contributed by atoms with van der Waals surface area (Å²) in [5, 5.41) is 9.17. The summed E-state index contributed by atoms with van der Waals surface area (Å²) in [6, 6.07) is 9.11. The first-order chi connectivity index (χ1) is 14.6. The number of anilines is 2.